The second-order valence-corrected chi connectivity index (χ2v) is 7.49. The lowest BCUT2D eigenvalue weighted by Gasteiger charge is -2.23. The first-order valence-corrected chi connectivity index (χ1v) is 9.55. The minimum Gasteiger partial charge on any atom is -0.313 e. The Morgan fingerprint density at radius 3 is 2.37 bits per heavy atom. The zero-order valence-corrected chi connectivity index (χ0v) is 17.3. The molecule has 1 aliphatic rings. The van der Waals surface area contributed by atoms with Crippen LogP contribution in [0.4, 0.5) is 5.69 Å². The summed E-state index contributed by atoms with van der Waals surface area (Å²) in [5, 5.41) is 0.419. The Hall–Kier alpha value is -2.20. The molecule has 5 heteroatoms. The molecule has 4 nitrogen and oxygen atoms in total. The average molecular weight is 388 g/mol. The second kappa shape index (κ2) is 8.66. The molecule has 0 spiro atoms. The molecule has 1 aromatic rings. The summed E-state index contributed by atoms with van der Waals surface area (Å²) in [6, 6.07) is 3.36. The summed E-state index contributed by atoms with van der Waals surface area (Å²) < 4.78 is 0. The molecule has 144 valence electrons. The first kappa shape index (κ1) is 21.1. The number of carbonyl (C=O) groups is 3. The first-order valence-electron chi connectivity index (χ1n) is 9.17. The summed E-state index contributed by atoms with van der Waals surface area (Å²) in [5.41, 5.74) is 3.84. The minimum absolute atomic E-state index is 0.0533. The second-order valence-electron chi connectivity index (χ2n) is 7.05. The lowest BCUT2D eigenvalue weighted by molar-refractivity contribution is -0.117. The third kappa shape index (κ3) is 4.75. The number of ketones is 2. The van der Waals surface area contributed by atoms with Crippen LogP contribution >= 0.6 is 11.6 Å². The summed E-state index contributed by atoms with van der Waals surface area (Å²) in [6.45, 7) is 9.52. The van der Waals surface area contributed by atoms with Gasteiger partial charge in [0.15, 0.2) is 11.6 Å². The third-order valence-electron chi connectivity index (χ3n) is 5.01. The number of allylic oxidation sites excluding steroid dienone is 4. The Kier molecular flexibility index (Phi) is 6.77. The van der Waals surface area contributed by atoms with E-state index in [1.807, 2.05) is 33.8 Å². The quantitative estimate of drug-likeness (QED) is 0.640. The highest BCUT2D eigenvalue weighted by Gasteiger charge is 2.24. The predicted octanol–water partition coefficient (Wildman–Crippen LogP) is 5.08. The largest absolute Gasteiger partial charge is 0.313 e. The van der Waals surface area contributed by atoms with E-state index in [2.05, 4.69) is 0 Å². The zero-order valence-electron chi connectivity index (χ0n) is 16.6. The van der Waals surface area contributed by atoms with Gasteiger partial charge in [-0.25, -0.2) is 0 Å². The predicted molar refractivity (Wildman–Crippen MR) is 109 cm³/mol. The van der Waals surface area contributed by atoms with Gasteiger partial charge in [-0.05, 0) is 63.5 Å². The van der Waals surface area contributed by atoms with E-state index in [0.29, 0.717) is 29.2 Å². The molecular formula is C22H26ClNO3. The van der Waals surface area contributed by atoms with Gasteiger partial charge in [-0.2, -0.15) is 0 Å². The van der Waals surface area contributed by atoms with Crippen molar-refractivity contribution < 1.29 is 14.4 Å². The first-order chi connectivity index (χ1) is 12.6. The van der Waals surface area contributed by atoms with Crippen molar-refractivity contribution in [3.8, 4) is 0 Å². The molecule has 0 radical (unpaired) electrons. The summed E-state index contributed by atoms with van der Waals surface area (Å²) in [4.78, 5) is 38.6. The van der Waals surface area contributed by atoms with E-state index in [1.165, 1.54) is 6.92 Å². The maximum Gasteiger partial charge on any atom is 0.223 e. The fraction of sp³-hybridized carbons (Fsp3) is 0.409. The van der Waals surface area contributed by atoms with Crippen molar-refractivity contribution in [2.45, 2.75) is 47.5 Å². The number of amides is 1. The van der Waals surface area contributed by atoms with Crippen LogP contribution in [0.3, 0.4) is 0 Å². The normalized spacial score (nSPS) is 16.7. The van der Waals surface area contributed by atoms with E-state index in [4.69, 9.17) is 11.6 Å². The van der Waals surface area contributed by atoms with Crippen molar-refractivity contribution >= 4 is 34.8 Å². The minimum atomic E-state index is -0.249. The monoisotopic (exact) mass is 387 g/mol. The van der Waals surface area contributed by atoms with Gasteiger partial charge in [0.1, 0.15) is 0 Å². The van der Waals surface area contributed by atoms with Crippen molar-refractivity contribution in [3.05, 3.63) is 51.6 Å². The molecule has 1 aromatic carbocycles. The number of rotatable bonds is 6. The zero-order chi connectivity index (χ0) is 20.3. The van der Waals surface area contributed by atoms with Crippen molar-refractivity contribution in [1.82, 2.24) is 0 Å². The number of benzene rings is 1. The van der Waals surface area contributed by atoms with Gasteiger partial charge in [0.25, 0.3) is 0 Å². The maximum absolute atomic E-state index is 12.9. The number of halogens is 1. The molecule has 27 heavy (non-hydrogen) atoms. The number of nitrogens with zero attached hydrogens (tertiary/aromatic N) is 1. The van der Waals surface area contributed by atoms with Crippen molar-refractivity contribution in [2.24, 2.45) is 5.92 Å². The Balaban J connectivity index is 2.24. The third-order valence-corrected chi connectivity index (χ3v) is 5.23. The Labute approximate surface area is 165 Å². The molecule has 1 amide bonds. The molecule has 2 rings (SSSR count). The van der Waals surface area contributed by atoms with E-state index in [0.717, 1.165) is 16.7 Å². The molecule has 0 bridgehead atoms. The highest BCUT2D eigenvalue weighted by atomic mass is 35.5. The fourth-order valence-electron chi connectivity index (χ4n) is 3.63. The van der Waals surface area contributed by atoms with Crippen LogP contribution in [0.5, 0.6) is 0 Å². The SMILES string of the molecule is CCN(C(C)=O)c1cc(Cl)cc(C(=O)CCC2C(=O)C=C(C)C=C2C)c1C. The molecule has 0 N–H and O–H groups in total. The van der Waals surface area contributed by atoms with E-state index in [1.54, 1.807) is 23.1 Å². The number of carbonyl (C=O) groups excluding carboxylic acids is 3. The number of anilines is 1. The fourth-order valence-corrected chi connectivity index (χ4v) is 3.84. The Bertz CT molecular complexity index is 851. The lowest BCUT2D eigenvalue weighted by Crippen LogP contribution is -2.29. The van der Waals surface area contributed by atoms with Crippen LogP contribution in [-0.4, -0.2) is 24.0 Å². The summed E-state index contributed by atoms with van der Waals surface area (Å²) >= 11 is 6.22. The van der Waals surface area contributed by atoms with Crippen LogP contribution in [0.15, 0.2) is 35.4 Å². The molecular weight excluding hydrogens is 362 g/mol. The van der Waals surface area contributed by atoms with Crippen LogP contribution < -0.4 is 4.90 Å². The molecule has 1 atom stereocenters. The topological polar surface area (TPSA) is 54.5 Å². The van der Waals surface area contributed by atoms with Gasteiger partial charge in [0, 0.05) is 42.1 Å². The average Bonchev–Trinajstić information content (AvgIpc) is 2.56. The Morgan fingerprint density at radius 2 is 1.81 bits per heavy atom. The molecule has 1 aliphatic carbocycles. The van der Waals surface area contributed by atoms with Gasteiger partial charge in [-0.1, -0.05) is 23.3 Å². The van der Waals surface area contributed by atoms with Crippen molar-refractivity contribution in [2.75, 3.05) is 11.4 Å². The molecule has 0 fully saturated rings. The van der Waals surface area contributed by atoms with Crippen molar-refractivity contribution in [3.63, 3.8) is 0 Å². The van der Waals surface area contributed by atoms with Crippen LogP contribution in [0, 0.1) is 12.8 Å². The summed E-state index contributed by atoms with van der Waals surface area (Å²) in [6.07, 6.45) is 4.35. The number of hydrogen-bond acceptors (Lipinski definition) is 3. The molecule has 1 unspecified atom stereocenters. The summed E-state index contributed by atoms with van der Waals surface area (Å²) in [5.74, 6) is -0.363. The van der Waals surface area contributed by atoms with Gasteiger partial charge in [0.05, 0.1) is 0 Å². The highest BCUT2D eigenvalue weighted by Crippen LogP contribution is 2.31. The molecule has 0 saturated heterocycles. The van der Waals surface area contributed by atoms with Crippen molar-refractivity contribution in [1.29, 1.82) is 0 Å². The van der Waals surface area contributed by atoms with E-state index < -0.39 is 0 Å². The van der Waals surface area contributed by atoms with Gasteiger partial charge >= 0.3 is 0 Å². The lowest BCUT2D eigenvalue weighted by atomic mass is 9.84. The standard InChI is InChI=1S/C22H26ClNO3/c1-6-24(16(5)25)20-12-17(23)11-19(15(20)4)21(26)8-7-18-14(3)9-13(2)10-22(18)27/h9-12,18H,6-8H2,1-5H3. The smallest absolute Gasteiger partial charge is 0.223 e. The summed E-state index contributed by atoms with van der Waals surface area (Å²) in [7, 11) is 0. The molecule has 0 heterocycles. The highest BCUT2D eigenvalue weighted by molar-refractivity contribution is 6.31. The van der Waals surface area contributed by atoms with Gasteiger partial charge in [0.2, 0.25) is 5.91 Å². The number of Topliss-reactive ketones (excluding diaryl/α,β-unsaturated/α-hetero) is 1. The van der Waals surface area contributed by atoms with E-state index >= 15 is 0 Å². The van der Waals surface area contributed by atoms with Gasteiger partial charge in [-0.15, -0.1) is 0 Å². The molecule has 0 aliphatic heterocycles. The van der Waals surface area contributed by atoms with Crippen LogP contribution in [-0.2, 0) is 9.59 Å². The Morgan fingerprint density at radius 1 is 1.15 bits per heavy atom. The molecule has 0 saturated carbocycles. The molecule has 0 aromatic heterocycles. The number of hydrogen-bond donors (Lipinski definition) is 0. The van der Waals surface area contributed by atoms with E-state index in [9.17, 15) is 14.4 Å². The van der Waals surface area contributed by atoms with Crippen LogP contribution in [0.1, 0.15) is 56.5 Å². The maximum atomic E-state index is 12.9. The van der Waals surface area contributed by atoms with Gasteiger partial charge in [-0.3, -0.25) is 14.4 Å². The van der Waals surface area contributed by atoms with E-state index in [-0.39, 0.29) is 29.8 Å². The van der Waals surface area contributed by atoms with Gasteiger partial charge < -0.3 is 4.90 Å². The van der Waals surface area contributed by atoms with Crippen LogP contribution in [0.2, 0.25) is 5.02 Å². The van der Waals surface area contributed by atoms with Crippen LogP contribution in [0.25, 0.3) is 0 Å².